The maximum absolute atomic E-state index is 11.4. The van der Waals surface area contributed by atoms with E-state index in [-0.39, 0.29) is 5.56 Å². The van der Waals surface area contributed by atoms with Crippen LogP contribution in [-0.2, 0) is 13.0 Å². The van der Waals surface area contributed by atoms with Gasteiger partial charge in [-0.2, -0.15) is 0 Å². The summed E-state index contributed by atoms with van der Waals surface area (Å²) >= 11 is 0. The van der Waals surface area contributed by atoms with E-state index in [1.807, 2.05) is 6.92 Å². The minimum atomic E-state index is 0.0716. The van der Waals surface area contributed by atoms with Crippen molar-refractivity contribution < 1.29 is 0 Å². The number of nitrogens with two attached hydrogens (primary N) is 1. The summed E-state index contributed by atoms with van der Waals surface area (Å²) in [5.41, 5.74) is 6.21. The molecule has 12 heavy (non-hydrogen) atoms. The van der Waals surface area contributed by atoms with Gasteiger partial charge in [-0.05, 0) is 19.4 Å². The Morgan fingerprint density at radius 3 is 3.00 bits per heavy atom. The molecule has 0 radical (unpaired) electrons. The van der Waals surface area contributed by atoms with Crippen LogP contribution in [-0.4, -0.2) is 16.3 Å². The van der Waals surface area contributed by atoms with Crippen molar-refractivity contribution in [1.82, 2.24) is 9.78 Å². The summed E-state index contributed by atoms with van der Waals surface area (Å²) in [6.07, 6.45) is 3.36. The van der Waals surface area contributed by atoms with Gasteiger partial charge in [0.1, 0.15) is 0 Å². The number of H-pyrrole nitrogens is 1. The molecule has 1 heterocycles. The van der Waals surface area contributed by atoms with Crippen LogP contribution in [0.5, 0.6) is 0 Å². The van der Waals surface area contributed by atoms with E-state index in [0.717, 1.165) is 18.5 Å². The van der Waals surface area contributed by atoms with Crippen molar-refractivity contribution in [2.75, 3.05) is 6.54 Å². The highest BCUT2D eigenvalue weighted by Crippen LogP contribution is 1.90. The predicted molar refractivity (Wildman–Crippen MR) is 48.1 cm³/mol. The van der Waals surface area contributed by atoms with E-state index in [2.05, 4.69) is 5.10 Å². The number of aromatic nitrogens is 2. The lowest BCUT2D eigenvalue weighted by atomic mass is 10.2. The molecule has 1 aromatic rings. The van der Waals surface area contributed by atoms with Crippen molar-refractivity contribution in [2.45, 2.75) is 26.3 Å². The molecule has 0 aromatic carbocycles. The van der Waals surface area contributed by atoms with Crippen LogP contribution in [0.1, 0.15) is 18.9 Å². The smallest absolute Gasteiger partial charge is 0.269 e. The van der Waals surface area contributed by atoms with Crippen LogP contribution in [0.3, 0.4) is 0 Å². The number of rotatable bonds is 4. The number of hydrogen-bond acceptors (Lipinski definition) is 2. The van der Waals surface area contributed by atoms with Gasteiger partial charge in [-0.15, -0.1) is 0 Å². The third-order valence-electron chi connectivity index (χ3n) is 1.78. The Balaban J connectivity index is 2.81. The average Bonchev–Trinajstić information content (AvgIpc) is 2.38. The largest absolute Gasteiger partial charge is 0.330 e. The van der Waals surface area contributed by atoms with Crippen LogP contribution < -0.4 is 11.3 Å². The zero-order valence-electron chi connectivity index (χ0n) is 7.34. The Bertz CT molecular complexity index is 260. The van der Waals surface area contributed by atoms with Gasteiger partial charge in [-0.25, -0.2) is 0 Å². The van der Waals surface area contributed by atoms with Gasteiger partial charge in [0, 0.05) is 18.3 Å². The fourth-order valence-corrected chi connectivity index (χ4v) is 1.17. The molecule has 0 spiro atoms. The van der Waals surface area contributed by atoms with E-state index in [4.69, 9.17) is 5.73 Å². The number of aromatic amines is 1. The van der Waals surface area contributed by atoms with Crippen LogP contribution in [0.4, 0.5) is 0 Å². The van der Waals surface area contributed by atoms with Gasteiger partial charge in [0.2, 0.25) is 0 Å². The predicted octanol–water partition coefficient (Wildman–Crippen LogP) is 0.0876. The van der Waals surface area contributed by atoms with Gasteiger partial charge in [-0.1, -0.05) is 6.92 Å². The highest BCUT2D eigenvalue weighted by molar-refractivity contribution is 5.04. The first kappa shape index (κ1) is 9.06. The summed E-state index contributed by atoms with van der Waals surface area (Å²) < 4.78 is 1.62. The first-order chi connectivity index (χ1) is 5.79. The molecule has 0 amide bonds. The molecule has 4 heteroatoms. The van der Waals surface area contributed by atoms with E-state index < -0.39 is 0 Å². The van der Waals surface area contributed by atoms with Crippen LogP contribution in [0.25, 0.3) is 0 Å². The second-order valence-electron chi connectivity index (χ2n) is 2.79. The van der Waals surface area contributed by atoms with Crippen LogP contribution in [0, 0.1) is 0 Å². The summed E-state index contributed by atoms with van der Waals surface area (Å²) in [5.74, 6) is 0. The fraction of sp³-hybridized carbons (Fsp3) is 0.625. The van der Waals surface area contributed by atoms with E-state index in [1.54, 1.807) is 10.9 Å². The van der Waals surface area contributed by atoms with Crippen molar-refractivity contribution in [2.24, 2.45) is 5.73 Å². The Kier molecular flexibility index (Phi) is 3.10. The van der Waals surface area contributed by atoms with Gasteiger partial charge in [-0.3, -0.25) is 9.48 Å². The Morgan fingerprint density at radius 2 is 2.42 bits per heavy atom. The third kappa shape index (κ3) is 1.76. The first-order valence-electron chi connectivity index (χ1n) is 4.26. The molecule has 3 N–H and O–H groups in total. The third-order valence-corrected chi connectivity index (χ3v) is 1.78. The SMILES string of the molecule is CCCn1[nH]cc(CCN)c1=O. The Labute approximate surface area is 71.4 Å². The average molecular weight is 169 g/mol. The van der Waals surface area contributed by atoms with Crippen LogP contribution >= 0.6 is 0 Å². The van der Waals surface area contributed by atoms with Crippen molar-refractivity contribution in [3.63, 3.8) is 0 Å². The molecule has 1 aromatic heterocycles. The zero-order valence-corrected chi connectivity index (χ0v) is 7.34. The molecular weight excluding hydrogens is 154 g/mol. The normalized spacial score (nSPS) is 10.5. The summed E-state index contributed by atoms with van der Waals surface area (Å²) in [7, 11) is 0. The minimum absolute atomic E-state index is 0.0716. The molecule has 4 nitrogen and oxygen atoms in total. The lowest BCUT2D eigenvalue weighted by Crippen LogP contribution is -2.20. The second kappa shape index (κ2) is 4.11. The molecular formula is C8H15N3O. The quantitative estimate of drug-likeness (QED) is 0.670. The van der Waals surface area contributed by atoms with E-state index >= 15 is 0 Å². The van der Waals surface area contributed by atoms with Crippen molar-refractivity contribution in [3.05, 3.63) is 22.1 Å². The molecule has 68 valence electrons. The molecule has 0 atom stereocenters. The van der Waals surface area contributed by atoms with Gasteiger partial charge in [0.15, 0.2) is 0 Å². The second-order valence-corrected chi connectivity index (χ2v) is 2.79. The molecule has 0 saturated carbocycles. The molecule has 0 aliphatic heterocycles. The first-order valence-corrected chi connectivity index (χ1v) is 4.26. The van der Waals surface area contributed by atoms with Gasteiger partial charge < -0.3 is 10.8 Å². The summed E-state index contributed by atoms with van der Waals surface area (Å²) in [5, 5.41) is 2.91. The molecule has 0 bridgehead atoms. The number of hydrogen-bond donors (Lipinski definition) is 2. The van der Waals surface area contributed by atoms with Crippen LogP contribution in [0.2, 0.25) is 0 Å². The monoisotopic (exact) mass is 169 g/mol. The highest BCUT2D eigenvalue weighted by atomic mass is 16.1. The van der Waals surface area contributed by atoms with E-state index in [0.29, 0.717) is 13.0 Å². The van der Waals surface area contributed by atoms with E-state index in [1.165, 1.54) is 0 Å². The fourth-order valence-electron chi connectivity index (χ4n) is 1.17. The van der Waals surface area contributed by atoms with Crippen molar-refractivity contribution in [1.29, 1.82) is 0 Å². The maximum atomic E-state index is 11.4. The summed E-state index contributed by atoms with van der Waals surface area (Å²) in [6.45, 7) is 3.32. The molecule has 0 fully saturated rings. The minimum Gasteiger partial charge on any atom is -0.330 e. The van der Waals surface area contributed by atoms with Crippen molar-refractivity contribution >= 4 is 0 Å². The number of aryl methyl sites for hydroxylation is 1. The zero-order chi connectivity index (χ0) is 8.97. The molecule has 0 aliphatic rings. The lowest BCUT2D eigenvalue weighted by Gasteiger charge is -1.95. The van der Waals surface area contributed by atoms with Crippen LogP contribution in [0.15, 0.2) is 11.0 Å². The Morgan fingerprint density at radius 1 is 1.67 bits per heavy atom. The van der Waals surface area contributed by atoms with E-state index in [9.17, 15) is 4.79 Å². The maximum Gasteiger partial charge on any atom is 0.269 e. The molecule has 0 saturated heterocycles. The standard InChI is InChI=1S/C8H15N3O/c1-2-5-11-8(12)7(3-4-9)6-10-11/h6,10H,2-5,9H2,1H3. The molecule has 0 unspecified atom stereocenters. The van der Waals surface area contributed by atoms with Crippen molar-refractivity contribution in [3.8, 4) is 0 Å². The summed E-state index contributed by atoms with van der Waals surface area (Å²) in [4.78, 5) is 11.4. The molecule has 1 rings (SSSR count). The lowest BCUT2D eigenvalue weighted by molar-refractivity contribution is 0.584. The molecule has 0 aliphatic carbocycles. The topological polar surface area (TPSA) is 63.8 Å². The Hall–Kier alpha value is -1.03. The van der Waals surface area contributed by atoms with Gasteiger partial charge >= 0.3 is 0 Å². The van der Waals surface area contributed by atoms with Gasteiger partial charge in [0.25, 0.3) is 5.56 Å². The summed E-state index contributed by atoms with van der Waals surface area (Å²) in [6, 6.07) is 0. The highest BCUT2D eigenvalue weighted by Gasteiger charge is 2.02. The number of nitrogens with zero attached hydrogens (tertiary/aromatic N) is 1. The van der Waals surface area contributed by atoms with Gasteiger partial charge in [0.05, 0.1) is 0 Å². The number of nitrogens with one attached hydrogen (secondary N) is 1.